The smallest absolute Gasteiger partial charge is 0 e. The third-order valence-corrected chi connectivity index (χ3v) is 0. The van der Waals surface area contributed by atoms with E-state index in [2.05, 4.69) is 0 Å². The second kappa shape index (κ2) is 20.5. The van der Waals surface area contributed by atoms with Crippen LogP contribution in [0.15, 0.2) is 0 Å². The summed E-state index contributed by atoms with van der Waals surface area (Å²) in [5.74, 6) is 0. The predicted octanol–water partition coefficient (Wildman–Crippen LogP) is 1.27. The maximum absolute atomic E-state index is 0. The van der Waals surface area contributed by atoms with Crippen LogP contribution in [0.5, 0.6) is 0 Å². The molecule has 0 amide bonds. The van der Waals surface area contributed by atoms with E-state index in [4.69, 9.17) is 0 Å². The zero-order valence-electron chi connectivity index (χ0n) is 1.72. The molecule has 0 N–H and O–H groups in total. The summed E-state index contributed by atoms with van der Waals surface area (Å²) in [6.45, 7) is 0. The molecule has 0 heterocycles. The third-order valence-electron chi connectivity index (χ3n) is 0. The summed E-state index contributed by atoms with van der Waals surface area (Å²) in [7, 11) is 0. The van der Waals surface area contributed by atoms with E-state index in [1.54, 1.807) is 0 Å². The average molecular weight is 347 g/mol. The van der Waals surface area contributed by atoms with Crippen LogP contribution in [0.1, 0.15) is 0 Å². The van der Waals surface area contributed by atoms with Crippen LogP contribution in [-0.4, -0.2) is 0 Å². The molecule has 0 aliphatic carbocycles. The van der Waals surface area contributed by atoms with Gasteiger partial charge in [-0.2, -0.15) is 0 Å². The van der Waals surface area contributed by atoms with Crippen LogP contribution in [-0.2, 0) is 0 Å². The normalized spacial score (nSPS) is 0. The van der Waals surface area contributed by atoms with E-state index in [0.29, 0.717) is 0 Å². The van der Waals surface area contributed by atoms with Gasteiger partial charge in [-0.3, -0.25) is 0 Å². The molecule has 0 radical (unpaired) electrons. The maximum Gasteiger partial charge on any atom is 0 e. The van der Waals surface area contributed by atoms with Gasteiger partial charge in [0.15, 0.2) is 0 Å². The van der Waals surface area contributed by atoms with Crippen molar-refractivity contribution in [2.24, 2.45) is 0 Å². The Morgan fingerprint density at radius 3 is 0.500 bits per heavy atom. The van der Waals surface area contributed by atoms with Gasteiger partial charge in [0.2, 0.25) is 0 Å². The standard InChI is InChI=1S/3ClH.U/h3*1H;. The Hall–Kier alpha value is 1.92. The molecule has 0 bridgehead atoms. The molecule has 0 nitrogen and oxygen atoms in total. The van der Waals surface area contributed by atoms with Crippen molar-refractivity contribution < 1.29 is 31.1 Å². The number of rotatable bonds is 0. The fraction of sp³-hybridized carbons (Fsp3) is 0. The Morgan fingerprint density at radius 2 is 0.500 bits per heavy atom. The molecule has 0 aromatic heterocycles. The molecule has 0 aromatic carbocycles. The minimum atomic E-state index is 0. The first-order chi connectivity index (χ1) is 0. The van der Waals surface area contributed by atoms with Crippen LogP contribution < -0.4 is 0 Å². The molecule has 0 aromatic rings. The molecule has 0 unspecified atom stereocenters. The van der Waals surface area contributed by atoms with Crippen molar-refractivity contribution in [3.8, 4) is 0 Å². The van der Waals surface area contributed by atoms with Gasteiger partial charge in [0.1, 0.15) is 0 Å². The Kier molecular flexibility index (Phi) is 199. The fourth-order valence-corrected chi connectivity index (χ4v) is 0. The fourth-order valence-electron chi connectivity index (χ4n) is 0. The topological polar surface area (TPSA) is 0 Å². The summed E-state index contributed by atoms with van der Waals surface area (Å²) in [5, 5.41) is 0. The van der Waals surface area contributed by atoms with Gasteiger partial charge >= 0.3 is 0 Å². The van der Waals surface area contributed by atoms with E-state index in [1.165, 1.54) is 0 Å². The molecule has 0 saturated heterocycles. The van der Waals surface area contributed by atoms with Gasteiger partial charge in [0.05, 0.1) is 0 Å². The second-order valence-corrected chi connectivity index (χ2v) is 0. The van der Waals surface area contributed by atoms with E-state index in [0.717, 1.165) is 0 Å². The van der Waals surface area contributed by atoms with Crippen molar-refractivity contribution in [1.82, 2.24) is 0 Å². The Labute approximate surface area is 67.7 Å². The third kappa shape index (κ3) is 9.06. The van der Waals surface area contributed by atoms with Crippen LogP contribution >= 0.6 is 37.2 Å². The molecule has 0 fully saturated rings. The minimum Gasteiger partial charge on any atom is -0.147 e. The second-order valence-electron chi connectivity index (χ2n) is 0. The van der Waals surface area contributed by atoms with Gasteiger partial charge in [-0.15, -0.1) is 37.2 Å². The summed E-state index contributed by atoms with van der Waals surface area (Å²) in [6.07, 6.45) is 0. The van der Waals surface area contributed by atoms with Crippen LogP contribution in [0.4, 0.5) is 0 Å². The van der Waals surface area contributed by atoms with E-state index in [9.17, 15) is 0 Å². The average Bonchev–Trinajstić information content (AvgIpc) is 0. The largest absolute Gasteiger partial charge is 0.147 e. The van der Waals surface area contributed by atoms with E-state index >= 15 is 0 Å². The molecule has 0 rings (SSSR count). The SMILES string of the molecule is Cl.Cl.Cl.[U]. The number of hydrogen-bond donors (Lipinski definition) is 0. The van der Waals surface area contributed by atoms with Gasteiger partial charge < -0.3 is 0 Å². The number of halogens is 3. The summed E-state index contributed by atoms with van der Waals surface area (Å²) in [6, 6.07) is 0. The number of hydrogen-bond acceptors (Lipinski definition) is 0. The first-order valence-electron chi connectivity index (χ1n) is 0. The Morgan fingerprint density at radius 1 is 0.500 bits per heavy atom. The summed E-state index contributed by atoms with van der Waals surface area (Å²) in [4.78, 5) is 0. The molecule has 0 saturated carbocycles. The van der Waals surface area contributed by atoms with Crippen molar-refractivity contribution in [1.29, 1.82) is 0 Å². The van der Waals surface area contributed by atoms with Gasteiger partial charge in [-0.25, -0.2) is 0 Å². The van der Waals surface area contributed by atoms with Crippen LogP contribution in [0, 0.1) is 31.1 Å². The van der Waals surface area contributed by atoms with Crippen LogP contribution in [0.2, 0.25) is 0 Å². The van der Waals surface area contributed by atoms with E-state index in [-0.39, 0.29) is 68.3 Å². The Bertz CT molecular complexity index is 3.25. The van der Waals surface area contributed by atoms with Crippen molar-refractivity contribution in [3.63, 3.8) is 0 Å². The molecule has 4 heteroatoms. The summed E-state index contributed by atoms with van der Waals surface area (Å²) in [5.41, 5.74) is 0. The first kappa shape index (κ1) is 38.8. The van der Waals surface area contributed by atoms with Crippen molar-refractivity contribution in [2.45, 2.75) is 0 Å². The molecule has 4 heavy (non-hydrogen) atoms. The molecule has 0 atom stereocenters. The minimum absolute atomic E-state index is 0. The van der Waals surface area contributed by atoms with Crippen molar-refractivity contribution in [3.05, 3.63) is 0 Å². The predicted molar refractivity (Wildman–Crippen MR) is 21.7 cm³/mol. The molecule has 0 spiro atoms. The monoisotopic (exact) mass is 346 g/mol. The summed E-state index contributed by atoms with van der Waals surface area (Å²) >= 11 is 0. The molecular formula is H3Cl3U. The first-order valence-corrected chi connectivity index (χ1v) is 0. The van der Waals surface area contributed by atoms with Gasteiger partial charge in [0.25, 0.3) is 0 Å². The molecular weight excluding hydrogens is 344 g/mol. The van der Waals surface area contributed by atoms with Gasteiger partial charge in [-0.05, 0) is 0 Å². The molecule has 28 valence electrons. The van der Waals surface area contributed by atoms with Crippen LogP contribution in [0.3, 0.4) is 0 Å². The molecule has 0 aliphatic rings. The molecule has 0 aliphatic heterocycles. The quantitative estimate of drug-likeness (QED) is 0.619. The van der Waals surface area contributed by atoms with Gasteiger partial charge in [0, 0.05) is 31.1 Å². The van der Waals surface area contributed by atoms with Gasteiger partial charge in [-0.1, -0.05) is 0 Å². The van der Waals surface area contributed by atoms with Crippen molar-refractivity contribution >= 4 is 37.2 Å². The van der Waals surface area contributed by atoms with Crippen molar-refractivity contribution in [2.75, 3.05) is 0 Å². The maximum atomic E-state index is 0. The van der Waals surface area contributed by atoms with E-state index < -0.39 is 0 Å². The van der Waals surface area contributed by atoms with E-state index in [1.807, 2.05) is 0 Å². The Balaban J connectivity index is 0. The zero-order chi connectivity index (χ0) is 0. The zero-order valence-corrected chi connectivity index (χ0v) is 8.34. The summed E-state index contributed by atoms with van der Waals surface area (Å²) < 4.78 is 0. The van der Waals surface area contributed by atoms with Crippen LogP contribution in [0.25, 0.3) is 0 Å².